The van der Waals surface area contributed by atoms with Crippen molar-refractivity contribution in [3.8, 4) is 0 Å². The SMILES string of the molecule is CCn1c2ccccc2c2cc(NC(=O)CCC(=O)[O-])ccc21. The van der Waals surface area contributed by atoms with Crippen molar-refractivity contribution < 1.29 is 14.7 Å². The lowest BCUT2D eigenvalue weighted by Crippen LogP contribution is -2.24. The average Bonchev–Trinajstić information content (AvgIpc) is 2.86. The Kier molecular flexibility index (Phi) is 4.02. The van der Waals surface area contributed by atoms with E-state index in [0.717, 1.165) is 28.4 Å². The van der Waals surface area contributed by atoms with Crippen LogP contribution in [0, 0.1) is 0 Å². The van der Waals surface area contributed by atoms with Gasteiger partial charge in [-0.1, -0.05) is 18.2 Å². The maximum absolute atomic E-state index is 11.8. The summed E-state index contributed by atoms with van der Waals surface area (Å²) >= 11 is 0. The van der Waals surface area contributed by atoms with E-state index in [1.807, 2.05) is 30.3 Å². The zero-order valence-electron chi connectivity index (χ0n) is 12.8. The monoisotopic (exact) mass is 309 g/mol. The molecule has 2 aromatic carbocycles. The van der Waals surface area contributed by atoms with Crippen LogP contribution in [0.15, 0.2) is 42.5 Å². The number of nitrogens with zero attached hydrogens (tertiary/aromatic N) is 1. The summed E-state index contributed by atoms with van der Waals surface area (Å²) in [5.41, 5.74) is 2.94. The molecule has 0 aliphatic rings. The molecule has 1 amide bonds. The van der Waals surface area contributed by atoms with Gasteiger partial charge in [-0.05, 0) is 37.6 Å². The van der Waals surface area contributed by atoms with Gasteiger partial charge in [-0.25, -0.2) is 0 Å². The number of hydrogen-bond acceptors (Lipinski definition) is 3. The normalized spacial score (nSPS) is 11.0. The molecule has 0 saturated carbocycles. The largest absolute Gasteiger partial charge is 0.550 e. The number of carboxylic acids is 1. The van der Waals surface area contributed by atoms with Crippen LogP contribution >= 0.6 is 0 Å². The molecular formula is C18H17N2O3-. The number of carbonyl (C=O) groups excluding carboxylic acids is 2. The van der Waals surface area contributed by atoms with E-state index in [1.165, 1.54) is 0 Å². The highest BCUT2D eigenvalue weighted by Crippen LogP contribution is 2.30. The number of carboxylic acid groups (broad SMARTS) is 1. The molecule has 3 rings (SSSR count). The Morgan fingerprint density at radius 1 is 1.04 bits per heavy atom. The van der Waals surface area contributed by atoms with E-state index in [4.69, 9.17) is 0 Å². The van der Waals surface area contributed by atoms with Gasteiger partial charge in [0.15, 0.2) is 0 Å². The molecule has 0 atom stereocenters. The van der Waals surface area contributed by atoms with Crippen molar-refractivity contribution in [1.29, 1.82) is 0 Å². The molecule has 0 radical (unpaired) electrons. The summed E-state index contributed by atoms with van der Waals surface area (Å²) < 4.78 is 2.23. The van der Waals surface area contributed by atoms with Gasteiger partial charge in [0.2, 0.25) is 5.91 Å². The lowest BCUT2D eigenvalue weighted by Gasteiger charge is -2.07. The summed E-state index contributed by atoms with van der Waals surface area (Å²) in [6, 6.07) is 13.9. The summed E-state index contributed by atoms with van der Waals surface area (Å²) in [7, 11) is 0. The van der Waals surface area contributed by atoms with E-state index in [-0.39, 0.29) is 18.7 Å². The molecule has 1 heterocycles. The molecule has 0 saturated heterocycles. The van der Waals surface area contributed by atoms with Gasteiger partial charge in [-0.2, -0.15) is 0 Å². The van der Waals surface area contributed by atoms with Gasteiger partial charge in [-0.3, -0.25) is 4.79 Å². The van der Waals surface area contributed by atoms with Crippen LogP contribution in [0.5, 0.6) is 0 Å². The molecule has 23 heavy (non-hydrogen) atoms. The number of rotatable bonds is 5. The Bertz CT molecular complexity index is 896. The van der Waals surface area contributed by atoms with Gasteiger partial charge in [0.05, 0.1) is 0 Å². The Labute approximate surface area is 133 Å². The topological polar surface area (TPSA) is 74.2 Å². The van der Waals surface area contributed by atoms with Gasteiger partial charge < -0.3 is 19.8 Å². The third kappa shape index (κ3) is 2.90. The predicted octanol–water partition coefficient (Wildman–Crippen LogP) is 2.28. The summed E-state index contributed by atoms with van der Waals surface area (Å²) in [5.74, 6) is -1.55. The number of fused-ring (bicyclic) bond motifs is 3. The van der Waals surface area contributed by atoms with Crippen LogP contribution in [0.3, 0.4) is 0 Å². The van der Waals surface area contributed by atoms with Crippen LogP contribution in [-0.4, -0.2) is 16.4 Å². The lowest BCUT2D eigenvalue weighted by atomic mass is 10.1. The molecule has 0 bridgehead atoms. The molecule has 0 unspecified atom stereocenters. The lowest BCUT2D eigenvalue weighted by molar-refractivity contribution is -0.305. The van der Waals surface area contributed by atoms with Crippen molar-refractivity contribution in [3.05, 3.63) is 42.5 Å². The highest BCUT2D eigenvalue weighted by atomic mass is 16.4. The van der Waals surface area contributed by atoms with Crippen molar-refractivity contribution in [1.82, 2.24) is 4.57 Å². The number of aliphatic carboxylic acids is 1. The maximum Gasteiger partial charge on any atom is 0.224 e. The van der Waals surface area contributed by atoms with Gasteiger partial charge in [0.25, 0.3) is 0 Å². The van der Waals surface area contributed by atoms with Crippen molar-refractivity contribution >= 4 is 39.4 Å². The Hall–Kier alpha value is -2.82. The highest BCUT2D eigenvalue weighted by Gasteiger charge is 2.10. The first-order chi connectivity index (χ1) is 11.1. The second-order valence-electron chi connectivity index (χ2n) is 5.41. The predicted molar refractivity (Wildman–Crippen MR) is 88.0 cm³/mol. The Balaban J connectivity index is 1.97. The van der Waals surface area contributed by atoms with Crippen LogP contribution in [0.1, 0.15) is 19.8 Å². The minimum Gasteiger partial charge on any atom is -0.550 e. The van der Waals surface area contributed by atoms with Crippen molar-refractivity contribution in [2.45, 2.75) is 26.3 Å². The molecule has 0 aliphatic carbocycles. The van der Waals surface area contributed by atoms with Gasteiger partial charge in [0, 0.05) is 46.4 Å². The second kappa shape index (κ2) is 6.12. The number of para-hydroxylation sites is 1. The first-order valence-corrected chi connectivity index (χ1v) is 7.61. The fourth-order valence-electron chi connectivity index (χ4n) is 2.91. The number of carbonyl (C=O) groups is 2. The molecule has 1 aromatic heterocycles. The zero-order chi connectivity index (χ0) is 16.4. The maximum atomic E-state index is 11.8. The molecular weight excluding hydrogens is 292 g/mol. The molecule has 0 fully saturated rings. The van der Waals surface area contributed by atoms with E-state index >= 15 is 0 Å². The first kappa shape index (κ1) is 15.1. The van der Waals surface area contributed by atoms with Gasteiger partial charge in [-0.15, -0.1) is 0 Å². The van der Waals surface area contributed by atoms with E-state index < -0.39 is 5.97 Å². The second-order valence-corrected chi connectivity index (χ2v) is 5.41. The smallest absolute Gasteiger partial charge is 0.224 e. The Morgan fingerprint density at radius 3 is 2.52 bits per heavy atom. The number of anilines is 1. The zero-order valence-corrected chi connectivity index (χ0v) is 12.8. The molecule has 0 aliphatic heterocycles. The number of aryl methyl sites for hydroxylation is 1. The van der Waals surface area contributed by atoms with Crippen molar-refractivity contribution in [2.75, 3.05) is 5.32 Å². The third-order valence-electron chi connectivity index (χ3n) is 3.93. The number of amides is 1. The quantitative estimate of drug-likeness (QED) is 0.785. The summed E-state index contributed by atoms with van der Waals surface area (Å²) in [6.07, 6.45) is -0.361. The number of nitrogens with one attached hydrogen (secondary N) is 1. The molecule has 5 nitrogen and oxygen atoms in total. The standard InChI is InChI=1S/C18H18N2O3/c1-2-20-15-6-4-3-5-13(15)14-11-12(7-8-16(14)20)19-17(21)9-10-18(22)23/h3-8,11H,2,9-10H2,1H3,(H,19,21)(H,22,23)/p-1. The number of aromatic nitrogens is 1. The Morgan fingerprint density at radius 2 is 1.78 bits per heavy atom. The van der Waals surface area contributed by atoms with E-state index in [9.17, 15) is 14.7 Å². The van der Waals surface area contributed by atoms with E-state index in [1.54, 1.807) is 0 Å². The number of benzene rings is 2. The molecule has 1 N–H and O–H groups in total. The summed E-state index contributed by atoms with van der Waals surface area (Å²) in [5, 5.41) is 15.4. The van der Waals surface area contributed by atoms with Crippen LogP contribution in [0.25, 0.3) is 21.8 Å². The molecule has 5 heteroatoms. The van der Waals surface area contributed by atoms with Crippen molar-refractivity contribution in [3.63, 3.8) is 0 Å². The highest BCUT2D eigenvalue weighted by molar-refractivity contribution is 6.09. The number of hydrogen-bond donors (Lipinski definition) is 1. The third-order valence-corrected chi connectivity index (χ3v) is 3.93. The van der Waals surface area contributed by atoms with Crippen LogP contribution in [0.2, 0.25) is 0 Å². The van der Waals surface area contributed by atoms with E-state index in [0.29, 0.717) is 5.69 Å². The minimum absolute atomic E-state index is 0.0862. The molecule has 0 spiro atoms. The van der Waals surface area contributed by atoms with Crippen molar-refractivity contribution in [2.24, 2.45) is 0 Å². The van der Waals surface area contributed by atoms with Crippen LogP contribution < -0.4 is 10.4 Å². The molecule has 118 valence electrons. The first-order valence-electron chi connectivity index (χ1n) is 7.61. The van der Waals surface area contributed by atoms with Crippen LogP contribution in [0.4, 0.5) is 5.69 Å². The summed E-state index contributed by atoms with van der Waals surface area (Å²) in [6.45, 7) is 2.96. The molecule has 3 aromatic rings. The van der Waals surface area contributed by atoms with Gasteiger partial charge in [0.1, 0.15) is 0 Å². The summed E-state index contributed by atoms with van der Waals surface area (Å²) in [4.78, 5) is 22.2. The average molecular weight is 309 g/mol. The van der Waals surface area contributed by atoms with Gasteiger partial charge >= 0.3 is 0 Å². The fraction of sp³-hybridized carbons (Fsp3) is 0.222. The van der Waals surface area contributed by atoms with Crippen LogP contribution in [-0.2, 0) is 16.1 Å². The fourth-order valence-corrected chi connectivity index (χ4v) is 2.91. The van der Waals surface area contributed by atoms with E-state index in [2.05, 4.69) is 28.9 Å². The minimum atomic E-state index is -1.22.